The van der Waals surface area contributed by atoms with Gasteiger partial charge < -0.3 is 20.7 Å². The molecule has 0 spiro atoms. The van der Waals surface area contributed by atoms with E-state index in [2.05, 4.69) is 17.5 Å². The highest BCUT2D eigenvalue weighted by Gasteiger charge is 2.27. The van der Waals surface area contributed by atoms with Gasteiger partial charge in [-0.1, -0.05) is 12.2 Å². The zero-order valence-corrected chi connectivity index (χ0v) is 10.6. The molecule has 2 amide bonds. The molecular weight excluding hydrogens is 242 g/mol. The minimum atomic E-state index is -0.672. The zero-order valence-electron chi connectivity index (χ0n) is 9.77. The van der Waals surface area contributed by atoms with E-state index in [9.17, 15) is 9.59 Å². The fraction of sp³-hybridized carbons (Fsp3) is 0.700. The second-order valence-electron chi connectivity index (χ2n) is 3.90. The first kappa shape index (κ1) is 13.9. The summed E-state index contributed by atoms with van der Waals surface area (Å²) < 4.78 is 5.18. The average molecular weight is 259 g/mol. The van der Waals surface area contributed by atoms with Crippen LogP contribution in [-0.4, -0.2) is 54.6 Å². The van der Waals surface area contributed by atoms with Crippen LogP contribution in [0.5, 0.6) is 0 Å². The first-order valence-electron chi connectivity index (χ1n) is 5.42. The highest BCUT2D eigenvalue weighted by atomic mass is 32.1. The maximum atomic E-state index is 11.7. The number of hydrogen-bond acceptors (Lipinski definition) is 4. The first-order valence-corrected chi connectivity index (χ1v) is 5.83. The third kappa shape index (κ3) is 4.27. The Labute approximate surface area is 105 Å². The van der Waals surface area contributed by atoms with Crippen LogP contribution >= 0.6 is 12.2 Å². The van der Waals surface area contributed by atoms with Gasteiger partial charge in [-0.3, -0.25) is 9.59 Å². The first-order chi connectivity index (χ1) is 8.04. The zero-order chi connectivity index (χ0) is 12.8. The number of methoxy groups -OCH3 is 1. The maximum absolute atomic E-state index is 11.7. The van der Waals surface area contributed by atoms with E-state index in [1.54, 1.807) is 7.11 Å². The van der Waals surface area contributed by atoms with E-state index in [0.717, 1.165) is 12.8 Å². The van der Waals surface area contributed by atoms with Crippen molar-refractivity contribution in [3.8, 4) is 0 Å². The summed E-state index contributed by atoms with van der Waals surface area (Å²) in [6.45, 7) is 1.08. The minimum absolute atomic E-state index is 0.0103. The highest BCUT2D eigenvalue weighted by Crippen LogP contribution is 2.12. The fourth-order valence-electron chi connectivity index (χ4n) is 1.70. The van der Waals surface area contributed by atoms with E-state index in [4.69, 9.17) is 10.5 Å². The smallest absolute Gasteiger partial charge is 0.311 e. The van der Waals surface area contributed by atoms with Crippen molar-refractivity contribution in [1.82, 2.24) is 10.2 Å². The summed E-state index contributed by atoms with van der Waals surface area (Å²) >= 11 is 4.61. The molecule has 6 nitrogen and oxygen atoms in total. The molecule has 1 saturated heterocycles. The number of nitrogens with one attached hydrogen (secondary N) is 1. The van der Waals surface area contributed by atoms with Crippen molar-refractivity contribution in [2.75, 3.05) is 26.7 Å². The second kappa shape index (κ2) is 6.51. The minimum Gasteiger partial charge on any atom is -0.392 e. The van der Waals surface area contributed by atoms with Crippen LogP contribution in [0.15, 0.2) is 0 Å². The molecule has 17 heavy (non-hydrogen) atoms. The summed E-state index contributed by atoms with van der Waals surface area (Å²) in [7, 11) is 1.60. The van der Waals surface area contributed by atoms with Crippen LogP contribution in [0.3, 0.4) is 0 Å². The molecule has 0 saturated carbocycles. The predicted molar refractivity (Wildman–Crippen MR) is 66.4 cm³/mol. The second-order valence-corrected chi connectivity index (χ2v) is 4.42. The van der Waals surface area contributed by atoms with Gasteiger partial charge in [-0.05, 0) is 12.8 Å². The van der Waals surface area contributed by atoms with Crippen molar-refractivity contribution in [2.24, 2.45) is 5.73 Å². The topological polar surface area (TPSA) is 84.7 Å². The van der Waals surface area contributed by atoms with Crippen LogP contribution in [0, 0.1) is 0 Å². The quantitative estimate of drug-likeness (QED) is 0.503. The Morgan fingerprint density at radius 1 is 1.59 bits per heavy atom. The summed E-state index contributed by atoms with van der Waals surface area (Å²) in [4.78, 5) is 24.9. The van der Waals surface area contributed by atoms with E-state index >= 15 is 0 Å². The van der Waals surface area contributed by atoms with E-state index in [1.807, 2.05) is 0 Å². The number of carbonyl (C=O) groups excluding carboxylic acids is 2. The molecule has 96 valence electrons. The third-order valence-electron chi connectivity index (χ3n) is 2.62. The molecule has 1 aliphatic rings. The molecule has 0 aromatic carbocycles. The number of thiocarbonyl (C=S) groups is 1. The maximum Gasteiger partial charge on any atom is 0.311 e. The van der Waals surface area contributed by atoms with Crippen LogP contribution in [0.25, 0.3) is 0 Å². The average Bonchev–Trinajstić information content (AvgIpc) is 2.35. The van der Waals surface area contributed by atoms with Crippen molar-refractivity contribution >= 4 is 29.0 Å². The molecule has 0 radical (unpaired) electrons. The molecule has 1 atom stereocenters. The molecule has 0 aliphatic carbocycles. The SMILES string of the molecule is COC1CCCN(C(=O)C(=O)NCC(N)=S)C1. The number of nitrogens with two attached hydrogens (primary N) is 1. The van der Waals surface area contributed by atoms with Gasteiger partial charge in [0, 0.05) is 20.2 Å². The highest BCUT2D eigenvalue weighted by molar-refractivity contribution is 7.80. The molecule has 7 heteroatoms. The normalized spacial score (nSPS) is 19.8. The Kier molecular flexibility index (Phi) is 5.30. The van der Waals surface area contributed by atoms with Gasteiger partial charge in [0.1, 0.15) is 0 Å². The monoisotopic (exact) mass is 259 g/mol. The van der Waals surface area contributed by atoms with Crippen LogP contribution in [0.1, 0.15) is 12.8 Å². The van der Waals surface area contributed by atoms with Crippen molar-refractivity contribution in [3.05, 3.63) is 0 Å². The van der Waals surface area contributed by atoms with E-state index < -0.39 is 11.8 Å². The molecule has 1 rings (SSSR count). The molecule has 1 heterocycles. The third-order valence-corrected chi connectivity index (χ3v) is 2.76. The number of ether oxygens (including phenoxy) is 1. The number of likely N-dealkylation sites (tertiary alicyclic amines) is 1. The van der Waals surface area contributed by atoms with Crippen LogP contribution < -0.4 is 11.1 Å². The summed E-state index contributed by atoms with van der Waals surface area (Å²) in [5.41, 5.74) is 5.23. The van der Waals surface area contributed by atoms with Crippen LogP contribution in [0.4, 0.5) is 0 Å². The lowest BCUT2D eigenvalue weighted by Gasteiger charge is -2.31. The van der Waals surface area contributed by atoms with Gasteiger partial charge in [-0.15, -0.1) is 0 Å². The molecular formula is C10H17N3O3S. The summed E-state index contributed by atoms with van der Waals surface area (Å²) in [6, 6.07) is 0. The van der Waals surface area contributed by atoms with Gasteiger partial charge in [0.05, 0.1) is 17.6 Å². The fourth-order valence-corrected chi connectivity index (χ4v) is 1.77. The molecule has 0 bridgehead atoms. The lowest BCUT2D eigenvalue weighted by Crippen LogP contribution is -2.49. The van der Waals surface area contributed by atoms with Gasteiger partial charge >= 0.3 is 11.8 Å². The number of hydrogen-bond donors (Lipinski definition) is 2. The Bertz CT molecular complexity index is 322. The van der Waals surface area contributed by atoms with Gasteiger partial charge in [-0.2, -0.15) is 0 Å². The van der Waals surface area contributed by atoms with Gasteiger partial charge in [0.2, 0.25) is 0 Å². The summed E-state index contributed by atoms with van der Waals surface area (Å²) in [6.07, 6.45) is 1.76. The molecule has 1 fully saturated rings. The Balaban J connectivity index is 2.45. The molecule has 3 N–H and O–H groups in total. The molecule has 0 aromatic rings. The predicted octanol–water partition coefficient (Wildman–Crippen LogP) is -0.974. The van der Waals surface area contributed by atoms with Crippen molar-refractivity contribution in [2.45, 2.75) is 18.9 Å². The molecule has 1 aliphatic heterocycles. The summed E-state index contributed by atoms with van der Waals surface area (Å²) in [5, 5.41) is 2.37. The Morgan fingerprint density at radius 3 is 2.88 bits per heavy atom. The molecule has 1 unspecified atom stereocenters. The van der Waals surface area contributed by atoms with Crippen LogP contribution in [-0.2, 0) is 14.3 Å². The Hall–Kier alpha value is -1.21. The van der Waals surface area contributed by atoms with Crippen molar-refractivity contribution in [3.63, 3.8) is 0 Å². The van der Waals surface area contributed by atoms with Crippen molar-refractivity contribution in [1.29, 1.82) is 0 Å². The van der Waals surface area contributed by atoms with Crippen LogP contribution in [0.2, 0.25) is 0 Å². The number of rotatable bonds is 3. The molecule has 0 aromatic heterocycles. The van der Waals surface area contributed by atoms with Crippen molar-refractivity contribution < 1.29 is 14.3 Å². The lowest BCUT2D eigenvalue weighted by molar-refractivity contribution is -0.147. The van der Waals surface area contributed by atoms with Gasteiger partial charge in [0.15, 0.2) is 0 Å². The number of carbonyl (C=O) groups is 2. The summed E-state index contributed by atoms with van der Waals surface area (Å²) in [5.74, 6) is -1.22. The number of amides is 2. The number of piperidine rings is 1. The van der Waals surface area contributed by atoms with Gasteiger partial charge in [0.25, 0.3) is 0 Å². The van der Waals surface area contributed by atoms with E-state index in [0.29, 0.717) is 13.1 Å². The number of nitrogens with zero attached hydrogens (tertiary/aromatic N) is 1. The van der Waals surface area contributed by atoms with E-state index in [1.165, 1.54) is 4.90 Å². The lowest BCUT2D eigenvalue weighted by atomic mass is 10.1. The standard InChI is InChI=1S/C10H17N3O3S/c1-16-7-3-2-4-13(6-7)10(15)9(14)12-5-8(11)17/h7H,2-6H2,1H3,(H2,11,17)(H,12,14). The Morgan fingerprint density at radius 2 is 2.29 bits per heavy atom. The van der Waals surface area contributed by atoms with E-state index in [-0.39, 0.29) is 17.6 Å². The largest absolute Gasteiger partial charge is 0.392 e. The van der Waals surface area contributed by atoms with Gasteiger partial charge in [-0.25, -0.2) is 0 Å².